The number of carbonyl (C=O) groups excluding carboxylic acids is 1. The molecule has 1 N–H and O–H groups in total. The molecule has 1 aliphatic heterocycles. The lowest BCUT2D eigenvalue weighted by atomic mass is 9.89. The van der Waals surface area contributed by atoms with Crippen molar-refractivity contribution in [2.45, 2.75) is 32.5 Å². The number of rotatable bonds is 5. The Kier molecular flexibility index (Phi) is 4.78. The molecule has 4 rings (SSSR count). The van der Waals surface area contributed by atoms with Gasteiger partial charge in [-0.1, -0.05) is 80.1 Å². The fourth-order valence-electron chi connectivity index (χ4n) is 3.81. The van der Waals surface area contributed by atoms with E-state index < -0.39 is 6.10 Å². The number of hydrogen-bond donors (Lipinski definition) is 1. The molecule has 1 atom stereocenters. The van der Waals surface area contributed by atoms with Gasteiger partial charge in [0.25, 0.3) is 0 Å². The van der Waals surface area contributed by atoms with Crippen molar-refractivity contribution in [3.63, 3.8) is 0 Å². The monoisotopic (exact) mass is 358 g/mol. The van der Waals surface area contributed by atoms with E-state index in [1.807, 2.05) is 48.5 Å². The second kappa shape index (κ2) is 7.37. The molecular formula is C24H22O3. The normalized spacial score (nSPS) is 16.8. The lowest BCUT2D eigenvalue weighted by Gasteiger charge is -2.18. The van der Waals surface area contributed by atoms with Crippen LogP contribution < -0.4 is 0 Å². The summed E-state index contributed by atoms with van der Waals surface area (Å²) in [6.07, 6.45) is 1.16. The van der Waals surface area contributed by atoms with Crippen molar-refractivity contribution in [2.75, 3.05) is 0 Å². The summed E-state index contributed by atoms with van der Waals surface area (Å²) in [6.45, 7) is 2.07. The van der Waals surface area contributed by atoms with Crippen molar-refractivity contribution >= 4 is 22.3 Å². The van der Waals surface area contributed by atoms with Gasteiger partial charge in [0.2, 0.25) is 0 Å². The molecule has 3 heteroatoms. The zero-order chi connectivity index (χ0) is 18.8. The van der Waals surface area contributed by atoms with E-state index in [4.69, 9.17) is 4.74 Å². The van der Waals surface area contributed by atoms with Crippen LogP contribution in [-0.4, -0.2) is 11.1 Å². The van der Waals surface area contributed by atoms with Crippen molar-refractivity contribution in [3.8, 4) is 0 Å². The summed E-state index contributed by atoms with van der Waals surface area (Å²) in [7, 11) is 0. The standard InChI is InChI=1S/C24H22O3/c1-2-6-21-22(18-13-11-16(15-25)12-14-18)23(27-24(21)26)20-10-5-8-17-7-3-4-9-19(17)20/h3-5,7-14,23,25H,2,6,15H2,1H3. The smallest absolute Gasteiger partial charge is 0.335 e. The Bertz CT molecular complexity index is 1010. The number of cyclic esters (lactones) is 1. The Labute approximate surface area is 158 Å². The van der Waals surface area contributed by atoms with Gasteiger partial charge < -0.3 is 9.84 Å². The van der Waals surface area contributed by atoms with E-state index >= 15 is 0 Å². The molecular weight excluding hydrogens is 336 g/mol. The van der Waals surface area contributed by atoms with Crippen molar-refractivity contribution in [3.05, 3.63) is 89.0 Å². The molecule has 0 saturated heterocycles. The molecule has 1 heterocycles. The van der Waals surface area contributed by atoms with Gasteiger partial charge in [-0.15, -0.1) is 0 Å². The van der Waals surface area contributed by atoms with E-state index in [9.17, 15) is 9.90 Å². The van der Waals surface area contributed by atoms with Gasteiger partial charge in [0.05, 0.1) is 6.61 Å². The SMILES string of the molecule is CCCC1=C(c2ccc(CO)cc2)C(c2cccc3ccccc23)OC1=O. The van der Waals surface area contributed by atoms with Crippen LogP contribution in [0.4, 0.5) is 0 Å². The first-order valence-corrected chi connectivity index (χ1v) is 9.34. The summed E-state index contributed by atoms with van der Waals surface area (Å²) in [5.74, 6) is -0.226. The number of carbonyl (C=O) groups is 1. The maximum Gasteiger partial charge on any atom is 0.335 e. The third kappa shape index (κ3) is 3.15. The highest BCUT2D eigenvalue weighted by Crippen LogP contribution is 2.44. The van der Waals surface area contributed by atoms with Gasteiger partial charge in [-0.05, 0) is 28.3 Å². The van der Waals surface area contributed by atoms with Gasteiger partial charge >= 0.3 is 5.97 Å². The van der Waals surface area contributed by atoms with Crippen LogP contribution in [0, 0.1) is 0 Å². The Morgan fingerprint density at radius 1 is 0.963 bits per heavy atom. The van der Waals surface area contributed by atoms with Gasteiger partial charge in [-0.2, -0.15) is 0 Å². The summed E-state index contributed by atoms with van der Waals surface area (Å²) in [4.78, 5) is 12.7. The fraction of sp³-hybridized carbons (Fsp3) is 0.208. The van der Waals surface area contributed by atoms with E-state index in [-0.39, 0.29) is 12.6 Å². The zero-order valence-electron chi connectivity index (χ0n) is 15.3. The van der Waals surface area contributed by atoms with Gasteiger partial charge in [0, 0.05) is 16.7 Å². The first kappa shape index (κ1) is 17.5. The molecule has 0 saturated carbocycles. The van der Waals surface area contributed by atoms with E-state index in [1.165, 1.54) is 0 Å². The average molecular weight is 358 g/mol. The molecule has 0 fully saturated rings. The number of ether oxygens (including phenoxy) is 1. The highest BCUT2D eigenvalue weighted by atomic mass is 16.5. The van der Waals surface area contributed by atoms with Crippen LogP contribution >= 0.6 is 0 Å². The number of aliphatic hydroxyl groups excluding tert-OH is 1. The molecule has 0 radical (unpaired) electrons. The summed E-state index contributed by atoms with van der Waals surface area (Å²) < 4.78 is 5.88. The van der Waals surface area contributed by atoms with Crippen LogP contribution in [0.25, 0.3) is 16.3 Å². The molecule has 0 bridgehead atoms. The van der Waals surface area contributed by atoms with Crippen molar-refractivity contribution < 1.29 is 14.6 Å². The van der Waals surface area contributed by atoms with Gasteiger partial charge in [0.15, 0.2) is 6.10 Å². The van der Waals surface area contributed by atoms with E-state index in [2.05, 4.69) is 25.1 Å². The summed E-state index contributed by atoms with van der Waals surface area (Å²) >= 11 is 0. The van der Waals surface area contributed by atoms with Crippen molar-refractivity contribution in [2.24, 2.45) is 0 Å². The number of aliphatic hydroxyl groups is 1. The summed E-state index contributed by atoms with van der Waals surface area (Å²) in [6, 6.07) is 22.0. The second-order valence-corrected chi connectivity index (χ2v) is 6.85. The quantitative estimate of drug-likeness (QED) is 0.639. The third-order valence-corrected chi connectivity index (χ3v) is 5.11. The Morgan fingerprint density at radius 3 is 2.44 bits per heavy atom. The van der Waals surface area contributed by atoms with Crippen LogP contribution in [0.1, 0.15) is 42.6 Å². The largest absolute Gasteiger partial charge is 0.449 e. The van der Waals surface area contributed by atoms with Crippen LogP contribution in [0.5, 0.6) is 0 Å². The maximum atomic E-state index is 12.7. The van der Waals surface area contributed by atoms with E-state index in [1.54, 1.807) is 0 Å². The van der Waals surface area contributed by atoms with Crippen LogP contribution in [-0.2, 0) is 16.1 Å². The van der Waals surface area contributed by atoms with Gasteiger partial charge in [0.1, 0.15) is 0 Å². The minimum atomic E-state index is -0.412. The Hall–Kier alpha value is -2.91. The van der Waals surface area contributed by atoms with Crippen LogP contribution in [0.3, 0.4) is 0 Å². The van der Waals surface area contributed by atoms with Crippen LogP contribution in [0.15, 0.2) is 72.3 Å². The highest BCUT2D eigenvalue weighted by Gasteiger charge is 2.36. The summed E-state index contributed by atoms with van der Waals surface area (Å²) in [5, 5.41) is 11.6. The predicted molar refractivity (Wildman–Crippen MR) is 107 cm³/mol. The molecule has 3 nitrogen and oxygen atoms in total. The minimum Gasteiger partial charge on any atom is -0.449 e. The molecule has 0 spiro atoms. The number of fused-ring (bicyclic) bond motifs is 1. The molecule has 27 heavy (non-hydrogen) atoms. The minimum absolute atomic E-state index is 0.00330. The predicted octanol–water partition coefficient (Wildman–Crippen LogP) is 5.18. The first-order chi connectivity index (χ1) is 13.2. The molecule has 0 aromatic heterocycles. The molecule has 3 aromatic carbocycles. The average Bonchev–Trinajstić information content (AvgIpc) is 3.04. The van der Waals surface area contributed by atoms with E-state index in [0.717, 1.165) is 45.0 Å². The third-order valence-electron chi connectivity index (χ3n) is 5.11. The van der Waals surface area contributed by atoms with Crippen molar-refractivity contribution in [1.82, 2.24) is 0 Å². The Balaban J connectivity index is 1.89. The topological polar surface area (TPSA) is 46.5 Å². The number of benzene rings is 3. The first-order valence-electron chi connectivity index (χ1n) is 9.34. The van der Waals surface area contributed by atoms with Crippen molar-refractivity contribution in [1.29, 1.82) is 0 Å². The molecule has 1 aliphatic rings. The zero-order valence-corrected chi connectivity index (χ0v) is 15.3. The summed E-state index contributed by atoms with van der Waals surface area (Å²) in [5.41, 5.74) is 4.53. The van der Waals surface area contributed by atoms with Crippen LogP contribution in [0.2, 0.25) is 0 Å². The molecule has 136 valence electrons. The Morgan fingerprint density at radius 2 is 1.70 bits per heavy atom. The lowest BCUT2D eigenvalue weighted by molar-refractivity contribution is -0.139. The number of esters is 1. The molecule has 3 aromatic rings. The molecule has 0 amide bonds. The number of hydrogen-bond acceptors (Lipinski definition) is 3. The maximum absolute atomic E-state index is 12.7. The van der Waals surface area contributed by atoms with Gasteiger partial charge in [-0.3, -0.25) is 0 Å². The van der Waals surface area contributed by atoms with E-state index in [0.29, 0.717) is 6.42 Å². The lowest BCUT2D eigenvalue weighted by Crippen LogP contribution is -2.04. The highest BCUT2D eigenvalue weighted by molar-refractivity contribution is 6.04. The second-order valence-electron chi connectivity index (χ2n) is 6.85. The molecule has 1 unspecified atom stereocenters. The fourth-order valence-corrected chi connectivity index (χ4v) is 3.81. The van der Waals surface area contributed by atoms with Gasteiger partial charge in [-0.25, -0.2) is 4.79 Å². The molecule has 0 aliphatic carbocycles.